The van der Waals surface area contributed by atoms with Crippen LogP contribution in [-0.4, -0.2) is 19.6 Å². The second kappa shape index (κ2) is 3.68. The van der Waals surface area contributed by atoms with Gasteiger partial charge in [0.1, 0.15) is 5.69 Å². The van der Waals surface area contributed by atoms with Gasteiger partial charge in [0.15, 0.2) is 5.82 Å². The molecule has 0 bridgehead atoms. The Bertz CT molecular complexity index is 526. The molecule has 0 atom stereocenters. The third-order valence-corrected chi connectivity index (χ3v) is 2.65. The molecule has 0 fully saturated rings. The first-order valence-electron chi connectivity index (χ1n) is 5.58. The highest BCUT2D eigenvalue weighted by molar-refractivity contribution is 5.33. The van der Waals surface area contributed by atoms with Crippen molar-refractivity contribution in [3.8, 4) is 5.69 Å². The van der Waals surface area contributed by atoms with Crippen LogP contribution in [0.25, 0.3) is 5.69 Å². The van der Waals surface area contributed by atoms with Crippen LogP contribution >= 0.6 is 0 Å². The summed E-state index contributed by atoms with van der Waals surface area (Å²) in [5.74, 6) is -0.298. The zero-order valence-electron chi connectivity index (χ0n) is 10.8. The number of rotatable bonds is 1. The molecule has 17 heavy (non-hydrogen) atoms. The van der Waals surface area contributed by atoms with Crippen molar-refractivity contribution in [3.05, 3.63) is 29.6 Å². The predicted octanol–water partition coefficient (Wildman–Crippen LogP) is 2.58. The summed E-state index contributed by atoms with van der Waals surface area (Å²) in [6.45, 7) is 9.75. The highest BCUT2D eigenvalue weighted by Gasteiger charge is 2.18. The van der Waals surface area contributed by atoms with E-state index in [2.05, 4.69) is 31.0 Å². The van der Waals surface area contributed by atoms with Gasteiger partial charge >= 0.3 is 0 Å². The summed E-state index contributed by atoms with van der Waals surface area (Å²) in [6, 6.07) is 0. The normalized spacial score (nSPS) is 12.1. The first-order chi connectivity index (χ1) is 7.79. The van der Waals surface area contributed by atoms with Gasteiger partial charge in [0.05, 0.1) is 29.3 Å². The summed E-state index contributed by atoms with van der Waals surface area (Å²) in [6.07, 6.45) is 3.27. The maximum Gasteiger partial charge on any atom is 0.164 e. The summed E-state index contributed by atoms with van der Waals surface area (Å²) in [7, 11) is 0. The maximum atomic E-state index is 13.3. The van der Waals surface area contributed by atoms with E-state index in [9.17, 15) is 4.39 Å². The van der Waals surface area contributed by atoms with Gasteiger partial charge in [0.25, 0.3) is 0 Å². The zero-order chi connectivity index (χ0) is 12.8. The monoisotopic (exact) mass is 236 g/mol. The zero-order valence-corrected chi connectivity index (χ0v) is 10.8. The van der Waals surface area contributed by atoms with Gasteiger partial charge in [-0.15, -0.1) is 0 Å². The summed E-state index contributed by atoms with van der Waals surface area (Å²) < 4.78 is 16.7. The van der Waals surface area contributed by atoms with Crippen LogP contribution in [0.2, 0.25) is 0 Å². The molecule has 2 aromatic heterocycles. The van der Waals surface area contributed by atoms with Crippen LogP contribution in [0.1, 0.15) is 32.2 Å². The number of hydrogen-bond donors (Lipinski definition) is 0. The molecular formula is C12H17FN4. The molecule has 2 rings (SSSR count). The Balaban J connectivity index is 2.50. The van der Waals surface area contributed by atoms with E-state index < -0.39 is 0 Å². The third-order valence-electron chi connectivity index (χ3n) is 2.65. The highest BCUT2D eigenvalue weighted by atomic mass is 19.1. The Hall–Kier alpha value is -1.65. The SMILES string of the molecule is Cc1nn(-c2cn(C(C)(C)C)nc2C)cc1F. The number of halogens is 1. The molecule has 92 valence electrons. The Kier molecular flexibility index (Phi) is 2.56. The van der Waals surface area contributed by atoms with Crippen molar-refractivity contribution in [3.63, 3.8) is 0 Å². The van der Waals surface area contributed by atoms with E-state index >= 15 is 0 Å². The van der Waals surface area contributed by atoms with Crippen molar-refractivity contribution in [2.75, 3.05) is 0 Å². The van der Waals surface area contributed by atoms with Crippen LogP contribution in [0.3, 0.4) is 0 Å². The number of aryl methyl sites for hydroxylation is 2. The fraction of sp³-hybridized carbons (Fsp3) is 0.500. The van der Waals surface area contributed by atoms with E-state index in [0.29, 0.717) is 5.69 Å². The number of hydrogen-bond acceptors (Lipinski definition) is 2. The van der Waals surface area contributed by atoms with Gasteiger partial charge in [0.2, 0.25) is 0 Å². The van der Waals surface area contributed by atoms with Crippen molar-refractivity contribution in [2.45, 2.75) is 40.2 Å². The minimum Gasteiger partial charge on any atom is -0.265 e. The van der Waals surface area contributed by atoms with Crippen molar-refractivity contribution >= 4 is 0 Å². The largest absolute Gasteiger partial charge is 0.265 e. The molecule has 0 aliphatic carbocycles. The standard InChI is InChI=1S/C12H17FN4/c1-8-10(13)6-16(14-8)11-7-17(12(3,4)5)15-9(11)2/h6-7H,1-5H3. The fourth-order valence-electron chi connectivity index (χ4n) is 1.58. The molecule has 0 aliphatic heterocycles. The second-order valence-electron chi connectivity index (χ2n) is 5.22. The molecule has 0 saturated heterocycles. The Labute approximate surface area is 100 Å². The lowest BCUT2D eigenvalue weighted by Gasteiger charge is -2.18. The maximum absolute atomic E-state index is 13.3. The van der Waals surface area contributed by atoms with Crippen molar-refractivity contribution < 1.29 is 4.39 Å². The molecular weight excluding hydrogens is 219 g/mol. The summed E-state index contributed by atoms with van der Waals surface area (Å²) in [4.78, 5) is 0. The molecule has 0 saturated carbocycles. The van der Waals surface area contributed by atoms with Crippen LogP contribution in [-0.2, 0) is 5.54 Å². The Morgan fingerprint density at radius 1 is 1.06 bits per heavy atom. The van der Waals surface area contributed by atoms with Gasteiger partial charge in [-0.3, -0.25) is 4.68 Å². The summed E-state index contributed by atoms with van der Waals surface area (Å²) in [5, 5.41) is 8.56. The highest BCUT2D eigenvalue weighted by Crippen LogP contribution is 2.19. The van der Waals surface area contributed by atoms with Crippen LogP contribution in [0.4, 0.5) is 4.39 Å². The van der Waals surface area contributed by atoms with Crippen molar-refractivity contribution in [1.29, 1.82) is 0 Å². The van der Waals surface area contributed by atoms with E-state index in [0.717, 1.165) is 11.4 Å². The minimum atomic E-state index is -0.298. The van der Waals surface area contributed by atoms with Gasteiger partial charge in [-0.1, -0.05) is 0 Å². The quantitative estimate of drug-likeness (QED) is 0.763. The number of aromatic nitrogens is 4. The van der Waals surface area contributed by atoms with E-state index in [1.54, 1.807) is 6.92 Å². The van der Waals surface area contributed by atoms with Gasteiger partial charge in [0, 0.05) is 0 Å². The molecule has 4 nitrogen and oxygen atoms in total. The van der Waals surface area contributed by atoms with Gasteiger partial charge in [-0.2, -0.15) is 10.2 Å². The molecule has 5 heteroatoms. The third kappa shape index (κ3) is 2.09. The molecule has 2 heterocycles. The molecule has 0 aliphatic rings. The first-order valence-corrected chi connectivity index (χ1v) is 5.58. The van der Waals surface area contributed by atoms with Gasteiger partial charge < -0.3 is 0 Å². The van der Waals surface area contributed by atoms with Crippen molar-refractivity contribution in [2.24, 2.45) is 0 Å². The van der Waals surface area contributed by atoms with Crippen molar-refractivity contribution in [1.82, 2.24) is 19.6 Å². The lowest BCUT2D eigenvalue weighted by atomic mass is 10.1. The molecule has 0 spiro atoms. The average molecular weight is 236 g/mol. The predicted molar refractivity (Wildman–Crippen MR) is 63.8 cm³/mol. The molecule has 0 unspecified atom stereocenters. The van der Waals surface area contributed by atoms with Crippen LogP contribution in [0.15, 0.2) is 12.4 Å². The van der Waals surface area contributed by atoms with Crippen LogP contribution < -0.4 is 0 Å². The first kappa shape index (κ1) is 11.8. The fourth-order valence-corrected chi connectivity index (χ4v) is 1.58. The molecule has 0 aromatic carbocycles. The van der Waals surface area contributed by atoms with E-state index in [1.807, 2.05) is 17.8 Å². The molecule has 0 amide bonds. The van der Waals surface area contributed by atoms with E-state index in [1.165, 1.54) is 10.9 Å². The summed E-state index contributed by atoms with van der Waals surface area (Å²) >= 11 is 0. The van der Waals surface area contributed by atoms with Gasteiger partial charge in [-0.05, 0) is 34.6 Å². The molecule has 0 radical (unpaired) electrons. The van der Waals surface area contributed by atoms with Crippen LogP contribution in [0, 0.1) is 19.7 Å². The summed E-state index contributed by atoms with van der Waals surface area (Å²) in [5.41, 5.74) is 1.95. The molecule has 0 N–H and O–H groups in total. The van der Waals surface area contributed by atoms with E-state index in [-0.39, 0.29) is 11.4 Å². The lowest BCUT2D eigenvalue weighted by molar-refractivity contribution is 0.354. The molecule has 2 aromatic rings. The van der Waals surface area contributed by atoms with Gasteiger partial charge in [-0.25, -0.2) is 9.07 Å². The Morgan fingerprint density at radius 2 is 1.71 bits per heavy atom. The minimum absolute atomic E-state index is 0.0935. The topological polar surface area (TPSA) is 35.6 Å². The Morgan fingerprint density at radius 3 is 2.12 bits per heavy atom. The van der Waals surface area contributed by atoms with Crippen LogP contribution in [0.5, 0.6) is 0 Å². The lowest BCUT2D eigenvalue weighted by Crippen LogP contribution is -2.22. The van der Waals surface area contributed by atoms with E-state index in [4.69, 9.17) is 0 Å². The number of nitrogens with zero attached hydrogens (tertiary/aromatic N) is 4. The smallest absolute Gasteiger partial charge is 0.164 e. The average Bonchev–Trinajstić information content (AvgIpc) is 2.71. The second-order valence-corrected chi connectivity index (χ2v) is 5.22.